The fourth-order valence-electron chi connectivity index (χ4n) is 1.85. The Morgan fingerprint density at radius 2 is 2.00 bits per heavy atom. The Balaban J connectivity index is 2.45. The number of ether oxygens (including phenoxy) is 1. The first kappa shape index (κ1) is 8.76. The van der Waals surface area contributed by atoms with E-state index in [1.807, 2.05) is 0 Å². The molecule has 1 aliphatic rings. The highest BCUT2D eigenvalue weighted by Gasteiger charge is 2.33. The van der Waals surface area contributed by atoms with E-state index in [2.05, 4.69) is 45.0 Å². The maximum Gasteiger partial charge on any atom is 0.0727 e. The van der Waals surface area contributed by atoms with Gasteiger partial charge in [-0.3, -0.25) is 0 Å². The summed E-state index contributed by atoms with van der Waals surface area (Å²) in [6.07, 6.45) is 0. The van der Waals surface area contributed by atoms with Crippen LogP contribution in [-0.2, 0) is 11.3 Å². The van der Waals surface area contributed by atoms with Crippen molar-refractivity contribution in [3.05, 3.63) is 35.4 Å². The fraction of sp³-hybridized carbons (Fsp3) is 0.500. The van der Waals surface area contributed by atoms with Crippen LogP contribution in [0.1, 0.15) is 37.8 Å². The van der Waals surface area contributed by atoms with Crippen molar-refractivity contribution in [2.24, 2.45) is 0 Å². The monoisotopic (exact) mass is 176 g/mol. The molecule has 0 saturated carbocycles. The van der Waals surface area contributed by atoms with Crippen molar-refractivity contribution in [2.45, 2.75) is 38.9 Å². The lowest BCUT2D eigenvalue weighted by atomic mass is 9.82. The standard InChI is InChI=1S/C12H16O/c1-9-11-7-5-4-6-10(11)8-13-12(9,2)3/h4-7,9H,8H2,1-3H3. The van der Waals surface area contributed by atoms with Gasteiger partial charge in [0.1, 0.15) is 0 Å². The van der Waals surface area contributed by atoms with Gasteiger partial charge in [0.2, 0.25) is 0 Å². The predicted molar refractivity (Wildman–Crippen MR) is 53.7 cm³/mol. The summed E-state index contributed by atoms with van der Waals surface area (Å²) >= 11 is 0. The molecule has 0 bridgehead atoms. The minimum atomic E-state index is -0.0195. The quantitative estimate of drug-likeness (QED) is 0.590. The number of hydrogen-bond donors (Lipinski definition) is 0. The summed E-state index contributed by atoms with van der Waals surface area (Å²) in [5, 5.41) is 0. The molecule has 0 spiro atoms. The Bertz CT molecular complexity index is 315. The number of benzene rings is 1. The molecule has 2 rings (SSSR count). The molecular weight excluding hydrogens is 160 g/mol. The van der Waals surface area contributed by atoms with Gasteiger partial charge in [0.05, 0.1) is 12.2 Å². The van der Waals surface area contributed by atoms with E-state index in [0.717, 1.165) is 6.61 Å². The van der Waals surface area contributed by atoms with E-state index in [9.17, 15) is 0 Å². The van der Waals surface area contributed by atoms with Crippen LogP contribution in [0.15, 0.2) is 24.3 Å². The Kier molecular flexibility index (Phi) is 1.92. The van der Waals surface area contributed by atoms with Crippen LogP contribution in [0.25, 0.3) is 0 Å². The van der Waals surface area contributed by atoms with Crippen molar-refractivity contribution in [2.75, 3.05) is 0 Å². The van der Waals surface area contributed by atoms with Gasteiger partial charge in [-0.1, -0.05) is 31.2 Å². The lowest BCUT2D eigenvalue weighted by molar-refractivity contribution is -0.0577. The smallest absolute Gasteiger partial charge is 0.0727 e. The summed E-state index contributed by atoms with van der Waals surface area (Å²) < 4.78 is 5.80. The van der Waals surface area contributed by atoms with Gasteiger partial charge in [-0.25, -0.2) is 0 Å². The first-order valence-electron chi connectivity index (χ1n) is 4.83. The Morgan fingerprint density at radius 3 is 2.77 bits per heavy atom. The minimum Gasteiger partial charge on any atom is -0.370 e. The van der Waals surface area contributed by atoms with Gasteiger partial charge < -0.3 is 4.74 Å². The molecule has 1 atom stereocenters. The third kappa shape index (κ3) is 1.37. The second-order valence-electron chi connectivity index (χ2n) is 4.31. The lowest BCUT2D eigenvalue weighted by Crippen LogP contribution is -2.35. The summed E-state index contributed by atoms with van der Waals surface area (Å²) in [4.78, 5) is 0. The molecular formula is C12H16O. The zero-order valence-electron chi connectivity index (χ0n) is 8.50. The van der Waals surface area contributed by atoms with E-state index in [1.165, 1.54) is 11.1 Å². The van der Waals surface area contributed by atoms with Gasteiger partial charge in [-0.15, -0.1) is 0 Å². The zero-order chi connectivity index (χ0) is 9.47. The minimum absolute atomic E-state index is 0.0195. The van der Waals surface area contributed by atoms with Crippen LogP contribution in [-0.4, -0.2) is 5.60 Å². The van der Waals surface area contributed by atoms with Crippen molar-refractivity contribution < 1.29 is 4.74 Å². The molecule has 1 unspecified atom stereocenters. The van der Waals surface area contributed by atoms with E-state index in [1.54, 1.807) is 0 Å². The largest absolute Gasteiger partial charge is 0.370 e. The second-order valence-corrected chi connectivity index (χ2v) is 4.31. The Labute approximate surface area is 79.7 Å². The molecule has 70 valence electrons. The average molecular weight is 176 g/mol. The van der Waals surface area contributed by atoms with E-state index in [4.69, 9.17) is 4.74 Å². The third-order valence-electron chi connectivity index (χ3n) is 3.16. The molecule has 0 saturated heterocycles. The first-order chi connectivity index (χ1) is 6.11. The molecule has 1 aliphatic heterocycles. The number of fused-ring (bicyclic) bond motifs is 1. The fourth-order valence-corrected chi connectivity index (χ4v) is 1.85. The number of rotatable bonds is 0. The molecule has 1 nitrogen and oxygen atoms in total. The van der Waals surface area contributed by atoms with Gasteiger partial charge in [-0.2, -0.15) is 0 Å². The topological polar surface area (TPSA) is 9.23 Å². The van der Waals surface area contributed by atoms with E-state index < -0.39 is 0 Å². The molecule has 0 aromatic heterocycles. The van der Waals surface area contributed by atoms with Crippen molar-refractivity contribution in [3.63, 3.8) is 0 Å². The molecule has 0 amide bonds. The van der Waals surface area contributed by atoms with Gasteiger partial charge in [0.25, 0.3) is 0 Å². The van der Waals surface area contributed by atoms with Crippen LogP contribution in [0.4, 0.5) is 0 Å². The summed E-state index contributed by atoms with van der Waals surface area (Å²) in [5.74, 6) is 0.484. The molecule has 13 heavy (non-hydrogen) atoms. The van der Waals surface area contributed by atoms with E-state index in [-0.39, 0.29) is 5.60 Å². The molecule has 0 radical (unpaired) electrons. The van der Waals surface area contributed by atoms with Crippen molar-refractivity contribution in [1.82, 2.24) is 0 Å². The van der Waals surface area contributed by atoms with Crippen molar-refractivity contribution in [1.29, 1.82) is 0 Å². The van der Waals surface area contributed by atoms with E-state index >= 15 is 0 Å². The Hall–Kier alpha value is -0.820. The SMILES string of the molecule is CC1c2ccccc2COC1(C)C. The molecule has 1 aromatic carbocycles. The highest BCUT2D eigenvalue weighted by Crippen LogP contribution is 2.37. The van der Waals surface area contributed by atoms with Crippen LogP contribution in [0.5, 0.6) is 0 Å². The summed E-state index contributed by atoms with van der Waals surface area (Å²) in [6, 6.07) is 8.55. The molecule has 0 N–H and O–H groups in total. The summed E-state index contributed by atoms with van der Waals surface area (Å²) in [5.41, 5.74) is 2.77. The summed E-state index contributed by atoms with van der Waals surface area (Å²) in [7, 11) is 0. The van der Waals surface area contributed by atoms with Gasteiger partial charge in [-0.05, 0) is 25.0 Å². The van der Waals surface area contributed by atoms with Crippen molar-refractivity contribution in [3.8, 4) is 0 Å². The van der Waals surface area contributed by atoms with Crippen LogP contribution < -0.4 is 0 Å². The van der Waals surface area contributed by atoms with Crippen LogP contribution in [0, 0.1) is 0 Å². The number of hydrogen-bond acceptors (Lipinski definition) is 1. The lowest BCUT2D eigenvalue weighted by Gasteiger charge is -2.38. The summed E-state index contributed by atoms with van der Waals surface area (Å²) in [6.45, 7) is 7.31. The maximum atomic E-state index is 5.80. The predicted octanol–water partition coefficient (Wildman–Crippen LogP) is 3.10. The molecule has 0 aliphatic carbocycles. The highest BCUT2D eigenvalue weighted by molar-refractivity contribution is 5.33. The van der Waals surface area contributed by atoms with Gasteiger partial charge in [0, 0.05) is 5.92 Å². The van der Waals surface area contributed by atoms with Crippen LogP contribution in [0.3, 0.4) is 0 Å². The van der Waals surface area contributed by atoms with Crippen molar-refractivity contribution >= 4 is 0 Å². The third-order valence-corrected chi connectivity index (χ3v) is 3.16. The molecule has 0 fully saturated rings. The normalized spacial score (nSPS) is 25.3. The van der Waals surface area contributed by atoms with Gasteiger partial charge in [0.15, 0.2) is 0 Å². The highest BCUT2D eigenvalue weighted by atomic mass is 16.5. The molecule has 1 heterocycles. The van der Waals surface area contributed by atoms with E-state index in [0.29, 0.717) is 5.92 Å². The molecule has 1 heteroatoms. The molecule has 1 aromatic rings. The first-order valence-corrected chi connectivity index (χ1v) is 4.83. The van der Waals surface area contributed by atoms with Crippen LogP contribution in [0.2, 0.25) is 0 Å². The van der Waals surface area contributed by atoms with Crippen LogP contribution >= 0.6 is 0 Å². The van der Waals surface area contributed by atoms with Gasteiger partial charge >= 0.3 is 0 Å². The zero-order valence-corrected chi connectivity index (χ0v) is 8.50. The Morgan fingerprint density at radius 1 is 1.31 bits per heavy atom. The maximum absolute atomic E-state index is 5.80. The average Bonchev–Trinajstić information content (AvgIpc) is 2.13. The second kappa shape index (κ2) is 2.85.